The van der Waals surface area contributed by atoms with Crippen LogP contribution in [0.2, 0.25) is 0 Å². The van der Waals surface area contributed by atoms with Crippen LogP contribution in [-0.2, 0) is 9.47 Å². The van der Waals surface area contributed by atoms with Gasteiger partial charge in [0.05, 0.1) is 32.5 Å². The minimum absolute atomic E-state index is 0.106. The Morgan fingerprint density at radius 2 is 1.86 bits per heavy atom. The Bertz CT molecular complexity index is 1540. The van der Waals surface area contributed by atoms with Crippen LogP contribution in [0.25, 0.3) is 21.7 Å². The molecule has 8 heteroatoms. The lowest BCUT2D eigenvalue weighted by Crippen LogP contribution is -2.39. The number of aromatic nitrogens is 1. The number of rotatable bonds is 9. The van der Waals surface area contributed by atoms with Gasteiger partial charge in [-0.15, -0.1) is 0 Å². The molecule has 2 fully saturated rings. The molecule has 8 nitrogen and oxygen atoms in total. The minimum Gasteiger partial charge on any atom is -0.507 e. The molecule has 6 rings (SSSR count). The third kappa shape index (κ3) is 5.57. The van der Waals surface area contributed by atoms with Gasteiger partial charge < -0.3 is 23.7 Å². The smallest absolute Gasteiger partial charge is 0.342 e. The van der Waals surface area contributed by atoms with Crippen molar-refractivity contribution >= 4 is 27.7 Å². The van der Waals surface area contributed by atoms with Crippen molar-refractivity contribution in [2.75, 3.05) is 39.5 Å². The molecule has 42 heavy (non-hydrogen) atoms. The summed E-state index contributed by atoms with van der Waals surface area (Å²) in [7, 11) is 0. The summed E-state index contributed by atoms with van der Waals surface area (Å²) in [6, 6.07) is 9.29. The van der Waals surface area contributed by atoms with Crippen molar-refractivity contribution in [2.24, 2.45) is 5.92 Å². The Labute approximate surface area is 246 Å². The van der Waals surface area contributed by atoms with E-state index in [1.165, 1.54) is 32.1 Å². The molecule has 222 valence electrons. The highest BCUT2D eigenvalue weighted by atomic mass is 16.5. The molecular formula is C34H40N2O6. The molecule has 3 heterocycles. The topological polar surface area (TPSA) is 94.3 Å². The summed E-state index contributed by atoms with van der Waals surface area (Å²) in [6.07, 6.45) is 11.1. The van der Waals surface area contributed by atoms with Gasteiger partial charge in [-0.05, 0) is 62.1 Å². The number of phenols is 1. The maximum atomic E-state index is 13.4. The van der Waals surface area contributed by atoms with E-state index in [0.29, 0.717) is 71.9 Å². The van der Waals surface area contributed by atoms with Gasteiger partial charge in [-0.1, -0.05) is 32.1 Å². The number of ether oxygens (including phenoxy) is 3. The molecule has 1 aliphatic heterocycles. The molecule has 4 aromatic rings. The van der Waals surface area contributed by atoms with Crippen LogP contribution in [0, 0.1) is 12.8 Å². The molecular weight excluding hydrogens is 532 g/mol. The van der Waals surface area contributed by atoms with Crippen LogP contribution < -0.4 is 4.74 Å². The molecule has 2 aromatic heterocycles. The van der Waals surface area contributed by atoms with Gasteiger partial charge in [-0.25, -0.2) is 4.79 Å². The average molecular weight is 573 g/mol. The first kappa shape index (κ1) is 28.5. The molecule has 2 aliphatic rings. The number of aryl methyl sites for hydroxylation is 1. The first-order valence-corrected chi connectivity index (χ1v) is 15.3. The summed E-state index contributed by atoms with van der Waals surface area (Å²) < 4.78 is 23.7. The van der Waals surface area contributed by atoms with Crippen molar-refractivity contribution in [3.63, 3.8) is 0 Å². The second kappa shape index (κ2) is 12.7. The van der Waals surface area contributed by atoms with Crippen molar-refractivity contribution in [1.29, 1.82) is 0 Å². The molecule has 0 spiro atoms. The van der Waals surface area contributed by atoms with Gasteiger partial charge in [0.1, 0.15) is 28.4 Å². The van der Waals surface area contributed by atoms with Crippen molar-refractivity contribution in [1.82, 2.24) is 9.88 Å². The molecule has 1 unspecified atom stereocenters. The summed E-state index contributed by atoms with van der Waals surface area (Å²) in [6.45, 7) is 6.93. The molecule has 0 radical (unpaired) electrons. The van der Waals surface area contributed by atoms with Gasteiger partial charge >= 0.3 is 5.97 Å². The van der Waals surface area contributed by atoms with E-state index in [1.54, 1.807) is 26.2 Å². The number of hydrogen-bond acceptors (Lipinski definition) is 8. The Hall–Kier alpha value is -3.62. The average Bonchev–Trinajstić information content (AvgIpc) is 3.37. The number of fused-ring (bicyclic) bond motifs is 3. The Morgan fingerprint density at radius 1 is 1.10 bits per heavy atom. The number of aromatic hydroxyl groups is 1. The van der Waals surface area contributed by atoms with E-state index in [4.69, 9.17) is 18.6 Å². The second-order valence-electron chi connectivity index (χ2n) is 11.4. The van der Waals surface area contributed by atoms with E-state index in [0.717, 1.165) is 23.3 Å². The van der Waals surface area contributed by atoms with Crippen LogP contribution in [0.5, 0.6) is 11.5 Å². The van der Waals surface area contributed by atoms with Crippen molar-refractivity contribution in [3.05, 3.63) is 65.2 Å². The first-order chi connectivity index (χ1) is 20.6. The van der Waals surface area contributed by atoms with Gasteiger partial charge in [-0.2, -0.15) is 0 Å². The number of phenolic OH excluding ortho intramolecular Hbond substituents is 1. The third-order valence-corrected chi connectivity index (χ3v) is 8.80. The normalized spacial score (nSPS) is 17.5. The fourth-order valence-corrected chi connectivity index (χ4v) is 6.74. The van der Waals surface area contributed by atoms with Crippen LogP contribution in [0.4, 0.5) is 0 Å². The van der Waals surface area contributed by atoms with Crippen LogP contribution in [0.15, 0.2) is 47.1 Å². The molecule has 1 saturated heterocycles. The molecule has 1 aliphatic carbocycles. The van der Waals surface area contributed by atoms with Crippen LogP contribution in [-0.4, -0.2) is 60.5 Å². The number of hydrogen-bond donors (Lipinski definition) is 1. The zero-order valence-electron chi connectivity index (χ0n) is 24.6. The highest BCUT2D eigenvalue weighted by Crippen LogP contribution is 2.48. The quantitative estimate of drug-likeness (QED) is 0.216. The van der Waals surface area contributed by atoms with Gasteiger partial charge in [0.2, 0.25) is 0 Å². The predicted octanol–water partition coefficient (Wildman–Crippen LogP) is 6.94. The lowest BCUT2D eigenvalue weighted by molar-refractivity contribution is 0.0238. The van der Waals surface area contributed by atoms with Crippen LogP contribution in [0.1, 0.15) is 78.7 Å². The van der Waals surface area contributed by atoms with Gasteiger partial charge in [0, 0.05) is 47.2 Å². The summed E-state index contributed by atoms with van der Waals surface area (Å²) in [5.74, 6) is 1.53. The number of morpholine rings is 1. The molecule has 1 saturated carbocycles. The summed E-state index contributed by atoms with van der Waals surface area (Å²) in [5, 5.41) is 14.1. The van der Waals surface area contributed by atoms with E-state index in [-0.39, 0.29) is 18.4 Å². The maximum Gasteiger partial charge on any atom is 0.342 e. The minimum atomic E-state index is -0.466. The number of pyridine rings is 1. The Kier molecular flexibility index (Phi) is 8.63. The second-order valence-corrected chi connectivity index (χ2v) is 11.4. The van der Waals surface area contributed by atoms with Crippen LogP contribution >= 0.6 is 0 Å². The Morgan fingerprint density at radius 3 is 2.60 bits per heavy atom. The number of nitrogens with zero attached hydrogens (tertiary/aromatic N) is 2. The van der Waals surface area contributed by atoms with Gasteiger partial charge in [0.25, 0.3) is 0 Å². The Balaban J connectivity index is 1.51. The highest BCUT2D eigenvalue weighted by molar-refractivity contribution is 6.17. The van der Waals surface area contributed by atoms with Crippen LogP contribution in [0.3, 0.4) is 0 Å². The fraction of sp³-hybridized carbons (Fsp3) is 0.471. The highest BCUT2D eigenvalue weighted by Gasteiger charge is 2.34. The largest absolute Gasteiger partial charge is 0.507 e. The number of carbonyl (C=O) groups is 1. The number of carbonyl (C=O) groups excluding carboxylic acids is 1. The number of esters is 1. The molecule has 0 amide bonds. The zero-order chi connectivity index (χ0) is 29.1. The SMILES string of the molecule is CCOC(=O)c1c(C)oc2c1c(C(c1ccncc1)N1CCOCC1)c(O)c1cc(OCCC3CCCCC3)ccc12. The lowest BCUT2D eigenvalue weighted by atomic mass is 9.87. The zero-order valence-corrected chi connectivity index (χ0v) is 24.6. The van der Waals surface area contributed by atoms with Crippen molar-refractivity contribution in [2.45, 2.75) is 58.4 Å². The van der Waals surface area contributed by atoms with Crippen molar-refractivity contribution in [3.8, 4) is 11.5 Å². The van der Waals surface area contributed by atoms with E-state index in [2.05, 4.69) is 9.88 Å². The monoisotopic (exact) mass is 572 g/mol. The predicted molar refractivity (Wildman–Crippen MR) is 161 cm³/mol. The van der Waals surface area contributed by atoms with E-state index >= 15 is 0 Å². The summed E-state index contributed by atoms with van der Waals surface area (Å²) in [4.78, 5) is 19.9. The molecule has 2 aromatic carbocycles. The van der Waals surface area contributed by atoms with Crippen molar-refractivity contribution < 1.29 is 28.5 Å². The fourth-order valence-electron chi connectivity index (χ4n) is 6.74. The number of furan rings is 1. The molecule has 1 N–H and O–H groups in total. The van der Waals surface area contributed by atoms with Gasteiger partial charge in [-0.3, -0.25) is 9.88 Å². The standard InChI is InChI=1S/C34H40N2O6/c1-3-40-34(38)28-22(2)42-33-26-10-9-25(41-18-13-23-7-5-4-6-8-23)21-27(26)32(37)30(29(28)33)31(24-11-14-35-15-12-24)36-16-19-39-20-17-36/h9-12,14-15,21,23,31,37H,3-8,13,16-20H2,1-2H3. The summed E-state index contributed by atoms with van der Waals surface area (Å²) in [5.41, 5.74) is 2.47. The third-order valence-electron chi connectivity index (χ3n) is 8.80. The molecule has 0 bridgehead atoms. The summed E-state index contributed by atoms with van der Waals surface area (Å²) >= 11 is 0. The van der Waals surface area contributed by atoms with E-state index in [9.17, 15) is 9.90 Å². The van der Waals surface area contributed by atoms with E-state index < -0.39 is 5.97 Å². The van der Waals surface area contributed by atoms with E-state index in [1.807, 2.05) is 30.3 Å². The number of benzene rings is 2. The van der Waals surface area contributed by atoms with Gasteiger partial charge in [0.15, 0.2) is 0 Å². The first-order valence-electron chi connectivity index (χ1n) is 15.3. The lowest BCUT2D eigenvalue weighted by Gasteiger charge is -2.36. The molecule has 1 atom stereocenters. The maximum absolute atomic E-state index is 13.4.